The van der Waals surface area contributed by atoms with Crippen LogP contribution in [0.1, 0.15) is 25.2 Å². The van der Waals surface area contributed by atoms with Crippen molar-refractivity contribution >= 4 is 5.96 Å². The molecule has 0 atom stereocenters. The highest BCUT2D eigenvalue weighted by Crippen LogP contribution is 2.04. The first kappa shape index (κ1) is 15.4. The van der Waals surface area contributed by atoms with E-state index < -0.39 is 0 Å². The van der Waals surface area contributed by atoms with Crippen LogP contribution < -0.4 is 10.6 Å². The Morgan fingerprint density at radius 2 is 2.11 bits per heavy atom. The Kier molecular flexibility index (Phi) is 5.76. The molecule has 5 heteroatoms. The minimum atomic E-state index is -0.223. The topological polar surface area (TPSA) is 58.5 Å². The molecular weight excluding hydrogens is 240 g/mol. The second-order valence-corrected chi connectivity index (χ2v) is 5.01. The standard InChI is InChI=1S/C14H24N4O/c1-11-7-6-8-12(18-11)9-16-13(15-4)17-10-14(2,3)19-5/h6-8H,9-10H2,1-5H3,(H2,15,16,17). The second kappa shape index (κ2) is 7.09. The highest BCUT2D eigenvalue weighted by Gasteiger charge is 2.16. The molecule has 0 aliphatic heterocycles. The number of nitrogens with one attached hydrogen (secondary N) is 2. The van der Waals surface area contributed by atoms with Crippen LogP contribution in [0.3, 0.4) is 0 Å². The summed E-state index contributed by atoms with van der Waals surface area (Å²) in [5.74, 6) is 0.744. The van der Waals surface area contributed by atoms with Gasteiger partial charge in [0.1, 0.15) is 0 Å². The smallest absolute Gasteiger partial charge is 0.191 e. The maximum absolute atomic E-state index is 5.35. The van der Waals surface area contributed by atoms with Crippen molar-refractivity contribution in [2.24, 2.45) is 4.99 Å². The highest BCUT2D eigenvalue weighted by molar-refractivity contribution is 5.79. The van der Waals surface area contributed by atoms with Crippen molar-refractivity contribution in [1.82, 2.24) is 15.6 Å². The van der Waals surface area contributed by atoms with E-state index in [1.165, 1.54) is 0 Å². The molecule has 0 spiro atoms. The molecule has 0 aliphatic rings. The minimum absolute atomic E-state index is 0.223. The number of aromatic nitrogens is 1. The van der Waals surface area contributed by atoms with Gasteiger partial charge in [0.2, 0.25) is 0 Å². The first-order chi connectivity index (χ1) is 8.96. The quantitative estimate of drug-likeness (QED) is 0.625. The molecule has 0 amide bonds. The monoisotopic (exact) mass is 264 g/mol. The van der Waals surface area contributed by atoms with Gasteiger partial charge in [0.25, 0.3) is 0 Å². The molecule has 0 fully saturated rings. The van der Waals surface area contributed by atoms with Gasteiger partial charge < -0.3 is 15.4 Å². The summed E-state index contributed by atoms with van der Waals surface area (Å²) in [6.07, 6.45) is 0. The van der Waals surface area contributed by atoms with Gasteiger partial charge in [-0.2, -0.15) is 0 Å². The van der Waals surface area contributed by atoms with Gasteiger partial charge in [0.15, 0.2) is 5.96 Å². The first-order valence-electron chi connectivity index (χ1n) is 6.39. The fraction of sp³-hybridized carbons (Fsp3) is 0.571. The van der Waals surface area contributed by atoms with E-state index in [1.807, 2.05) is 39.0 Å². The van der Waals surface area contributed by atoms with E-state index in [0.29, 0.717) is 13.1 Å². The van der Waals surface area contributed by atoms with Gasteiger partial charge in [-0.1, -0.05) is 6.07 Å². The lowest BCUT2D eigenvalue weighted by molar-refractivity contribution is 0.0268. The van der Waals surface area contributed by atoms with Crippen LogP contribution in [0.25, 0.3) is 0 Å². The summed E-state index contributed by atoms with van der Waals surface area (Å²) < 4.78 is 5.35. The molecule has 1 rings (SSSR count). The average Bonchev–Trinajstić information content (AvgIpc) is 2.39. The van der Waals surface area contributed by atoms with Gasteiger partial charge >= 0.3 is 0 Å². The molecule has 1 aromatic heterocycles. The summed E-state index contributed by atoms with van der Waals surface area (Å²) in [5.41, 5.74) is 1.79. The van der Waals surface area contributed by atoms with Gasteiger partial charge in [0.05, 0.1) is 17.8 Å². The SMILES string of the molecule is CN=C(NCc1cccc(C)n1)NCC(C)(C)OC. The van der Waals surface area contributed by atoms with Crippen LogP contribution in [0.15, 0.2) is 23.2 Å². The molecule has 5 nitrogen and oxygen atoms in total. The van der Waals surface area contributed by atoms with Crippen LogP contribution >= 0.6 is 0 Å². The lowest BCUT2D eigenvalue weighted by atomic mass is 10.1. The molecule has 1 heterocycles. The van der Waals surface area contributed by atoms with E-state index >= 15 is 0 Å². The third kappa shape index (κ3) is 5.70. The number of hydrogen-bond donors (Lipinski definition) is 2. The van der Waals surface area contributed by atoms with Crippen molar-refractivity contribution in [3.63, 3.8) is 0 Å². The predicted molar refractivity (Wildman–Crippen MR) is 78.3 cm³/mol. The molecule has 0 bridgehead atoms. The second-order valence-electron chi connectivity index (χ2n) is 5.01. The van der Waals surface area contributed by atoms with Gasteiger partial charge in [-0.15, -0.1) is 0 Å². The van der Waals surface area contributed by atoms with Crippen LogP contribution in [-0.2, 0) is 11.3 Å². The third-order valence-corrected chi connectivity index (χ3v) is 2.84. The zero-order chi connectivity index (χ0) is 14.3. The first-order valence-corrected chi connectivity index (χ1v) is 6.39. The molecular formula is C14H24N4O. The number of nitrogens with zero attached hydrogens (tertiary/aromatic N) is 2. The summed E-state index contributed by atoms with van der Waals surface area (Å²) in [6.45, 7) is 7.36. The van der Waals surface area contributed by atoms with Gasteiger partial charge in [0, 0.05) is 26.4 Å². The maximum atomic E-state index is 5.35. The number of aryl methyl sites for hydroxylation is 1. The van der Waals surface area contributed by atoms with Crippen molar-refractivity contribution in [1.29, 1.82) is 0 Å². The molecule has 1 aromatic rings. The van der Waals surface area contributed by atoms with Crippen molar-refractivity contribution in [2.45, 2.75) is 32.9 Å². The van der Waals surface area contributed by atoms with Crippen LogP contribution in [0.4, 0.5) is 0 Å². The van der Waals surface area contributed by atoms with Crippen molar-refractivity contribution in [3.05, 3.63) is 29.6 Å². The summed E-state index contributed by atoms with van der Waals surface area (Å²) in [4.78, 5) is 8.61. The molecule has 0 aliphatic carbocycles. The summed E-state index contributed by atoms with van der Waals surface area (Å²) >= 11 is 0. The van der Waals surface area contributed by atoms with E-state index in [9.17, 15) is 0 Å². The van der Waals surface area contributed by atoms with Gasteiger partial charge in [-0.05, 0) is 32.9 Å². The van der Waals surface area contributed by atoms with Crippen LogP contribution in [0.5, 0.6) is 0 Å². The van der Waals surface area contributed by atoms with Crippen molar-refractivity contribution in [2.75, 3.05) is 20.7 Å². The summed E-state index contributed by atoms with van der Waals surface area (Å²) in [7, 11) is 3.45. The fourth-order valence-corrected chi connectivity index (χ4v) is 1.46. The number of hydrogen-bond acceptors (Lipinski definition) is 3. The highest BCUT2D eigenvalue weighted by atomic mass is 16.5. The van der Waals surface area contributed by atoms with E-state index in [-0.39, 0.29) is 5.60 Å². The number of rotatable bonds is 5. The number of methoxy groups -OCH3 is 1. The number of aliphatic imine (C=N–C) groups is 1. The molecule has 0 saturated heterocycles. The minimum Gasteiger partial charge on any atom is -0.377 e. The fourth-order valence-electron chi connectivity index (χ4n) is 1.46. The Morgan fingerprint density at radius 1 is 1.37 bits per heavy atom. The normalized spacial score (nSPS) is 12.4. The van der Waals surface area contributed by atoms with Crippen LogP contribution in [-0.4, -0.2) is 37.2 Å². The van der Waals surface area contributed by atoms with Crippen LogP contribution in [0.2, 0.25) is 0 Å². The Hall–Kier alpha value is -1.62. The van der Waals surface area contributed by atoms with Gasteiger partial charge in [-0.3, -0.25) is 9.98 Å². The molecule has 106 valence electrons. The third-order valence-electron chi connectivity index (χ3n) is 2.84. The number of guanidine groups is 1. The summed E-state index contributed by atoms with van der Waals surface area (Å²) in [5, 5.41) is 6.46. The molecule has 0 aromatic carbocycles. The maximum Gasteiger partial charge on any atom is 0.191 e. The Bertz CT molecular complexity index is 429. The Morgan fingerprint density at radius 3 is 2.68 bits per heavy atom. The predicted octanol–water partition coefficient (Wildman–Crippen LogP) is 1.48. The molecule has 0 unspecified atom stereocenters. The Labute approximate surface area is 115 Å². The zero-order valence-electron chi connectivity index (χ0n) is 12.4. The number of ether oxygens (including phenoxy) is 1. The van der Waals surface area contributed by atoms with E-state index in [1.54, 1.807) is 14.2 Å². The zero-order valence-corrected chi connectivity index (χ0v) is 12.4. The molecule has 0 radical (unpaired) electrons. The van der Waals surface area contributed by atoms with E-state index in [0.717, 1.165) is 17.3 Å². The summed E-state index contributed by atoms with van der Waals surface area (Å²) in [6, 6.07) is 5.98. The van der Waals surface area contributed by atoms with E-state index in [2.05, 4.69) is 20.6 Å². The lowest BCUT2D eigenvalue weighted by Crippen LogP contribution is -2.45. The molecule has 2 N–H and O–H groups in total. The Balaban J connectivity index is 2.46. The van der Waals surface area contributed by atoms with Crippen molar-refractivity contribution in [3.8, 4) is 0 Å². The lowest BCUT2D eigenvalue weighted by Gasteiger charge is -2.24. The number of pyridine rings is 1. The van der Waals surface area contributed by atoms with Gasteiger partial charge in [-0.25, -0.2) is 0 Å². The largest absolute Gasteiger partial charge is 0.377 e. The van der Waals surface area contributed by atoms with Crippen LogP contribution in [0, 0.1) is 6.92 Å². The average molecular weight is 264 g/mol. The van der Waals surface area contributed by atoms with E-state index in [4.69, 9.17) is 4.74 Å². The molecule has 0 saturated carbocycles. The molecule has 19 heavy (non-hydrogen) atoms. The van der Waals surface area contributed by atoms with Crippen molar-refractivity contribution < 1.29 is 4.74 Å².